The van der Waals surface area contributed by atoms with Crippen molar-refractivity contribution in [2.45, 2.75) is 26.2 Å². The standard InChI is InChI=1S/C17H20F3N3O3/c1-4-22(10-12-5-6-13(25-2)14(9-12)26-3)16(24)11-23-8-7-15(21-23)17(18,19)20/h5-9H,4,10-11H2,1-3H3. The molecule has 9 heteroatoms. The Kier molecular flexibility index (Phi) is 6.12. The molecule has 0 saturated carbocycles. The van der Waals surface area contributed by atoms with Gasteiger partial charge < -0.3 is 14.4 Å². The second-order valence-corrected chi connectivity index (χ2v) is 5.49. The van der Waals surface area contributed by atoms with E-state index in [4.69, 9.17) is 9.47 Å². The van der Waals surface area contributed by atoms with Gasteiger partial charge in [-0.3, -0.25) is 9.48 Å². The van der Waals surface area contributed by atoms with E-state index in [1.807, 2.05) is 0 Å². The highest BCUT2D eigenvalue weighted by Crippen LogP contribution is 2.28. The first-order valence-electron chi connectivity index (χ1n) is 7.87. The van der Waals surface area contributed by atoms with E-state index in [0.29, 0.717) is 24.6 Å². The first-order chi connectivity index (χ1) is 12.3. The maximum absolute atomic E-state index is 12.6. The van der Waals surface area contributed by atoms with Gasteiger partial charge >= 0.3 is 6.18 Å². The Balaban J connectivity index is 2.08. The van der Waals surface area contributed by atoms with Crippen LogP contribution in [0.1, 0.15) is 18.2 Å². The van der Waals surface area contributed by atoms with Crippen LogP contribution in [0.4, 0.5) is 13.2 Å². The summed E-state index contributed by atoms with van der Waals surface area (Å²) in [5.74, 6) is 0.774. The number of alkyl halides is 3. The molecule has 6 nitrogen and oxygen atoms in total. The molecule has 0 aliphatic heterocycles. The van der Waals surface area contributed by atoms with Crippen molar-refractivity contribution in [3.63, 3.8) is 0 Å². The topological polar surface area (TPSA) is 56.6 Å². The Bertz CT molecular complexity index is 759. The van der Waals surface area contributed by atoms with E-state index in [1.54, 1.807) is 25.1 Å². The van der Waals surface area contributed by atoms with E-state index in [1.165, 1.54) is 19.1 Å². The number of methoxy groups -OCH3 is 2. The minimum absolute atomic E-state index is 0.267. The van der Waals surface area contributed by atoms with Crippen molar-refractivity contribution >= 4 is 5.91 Å². The Morgan fingerprint density at radius 3 is 2.42 bits per heavy atom. The predicted molar refractivity (Wildman–Crippen MR) is 87.9 cm³/mol. The molecule has 0 aliphatic carbocycles. The Labute approximate surface area is 149 Å². The average molecular weight is 371 g/mol. The fraction of sp³-hybridized carbons (Fsp3) is 0.412. The normalized spacial score (nSPS) is 11.3. The zero-order chi connectivity index (χ0) is 19.3. The number of aromatic nitrogens is 2. The lowest BCUT2D eigenvalue weighted by Gasteiger charge is -2.21. The summed E-state index contributed by atoms with van der Waals surface area (Å²) in [5.41, 5.74) is -0.206. The summed E-state index contributed by atoms with van der Waals surface area (Å²) < 4.78 is 49.2. The number of amides is 1. The van der Waals surface area contributed by atoms with Gasteiger partial charge in [0.2, 0.25) is 5.91 Å². The van der Waals surface area contributed by atoms with Gasteiger partial charge in [-0.1, -0.05) is 6.07 Å². The summed E-state index contributed by atoms with van der Waals surface area (Å²) in [6.07, 6.45) is -3.39. The molecule has 0 spiro atoms. The Morgan fingerprint density at radius 2 is 1.88 bits per heavy atom. The molecular formula is C17H20F3N3O3. The molecule has 1 heterocycles. The molecule has 0 N–H and O–H groups in total. The lowest BCUT2D eigenvalue weighted by Crippen LogP contribution is -2.33. The van der Waals surface area contributed by atoms with Crippen LogP contribution in [0.25, 0.3) is 0 Å². The van der Waals surface area contributed by atoms with Crippen LogP contribution in [0.15, 0.2) is 30.5 Å². The van der Waals surface area contributed by atoms with Crippen molar-refractivity contribution < 1.29 is 27.4 Å². The van der Waals surface area contributed by atoms with Gasteiger partial charge in [-0.15, -0.1) is 0 Å². The number of carbonyl (C=O) groups excluding carboxylic acids is 1. The maximum atomic E-state index is 12.6. The molecule has 2 aromatic rings. The zero-order valence-electron chi connectivity index (χ0n) is 14.7. The van der Waals surface area contributed by atoms with Crippen LogP contribution in [0.2, 0.25) is 0 Å². The van der Waals surface area contributed by atoms with Crippen LogP contribution in [-0.4, -0.2) is 41.4 Å². The zero-order valence-corrected chi connectivity index (χ0v) is 14.7. The molecule has 26 heavy (non-hydrogen) atoms. The average Bonchev–Trinajstić information content (AvgIpc) is 3.08. The van der Waals surface area contributed by atoms with Gasteiger partial charge in [0.15, 0.2) is 17.2 Å². The van der Waals surface area contributed by atoms with Crippen LogP contribution in [-0.2, 0) is 24.1 Å². The third kappa shape index (κ3) is 4.68. The van der Waals surface area contributed by atoms with E-state index in [-0.39, 0.29) is 12.5 Å². The van der Waals surface area contributed by atoms with Crippen LogP contribution in [0.5, 0.6) is 11.5 Å². The minimum Gasteiger partial charge on any atom is -0.493 e. The molecule has 0 atom stereocenters. The van der Waals surface area contributed by atoms with Gasteiger partial charge in [0.05, 0.1) is 14.2 Å². The van der Waals surface area contributed by atoms with Crippen LogP contribution >= 0.6 is 0 Å². The third-order valence-corrected chi connectivity index (χ3v) is 3.78. The lowest BCUT2D eigenvalue weighted by molar-refractivity contribution is -0.142. The van der Waals surface area contributed by atoms with Crippen molar-refractivity contribution in [2.75, 3.05) is 20.8 Å². The number of likely N-dealkylation sites (N-methyl/N-ethyl adjacent to an activating group) is 1. The number of carbonyl (C=O) groups is 1. The molecule has 0 aliphatic rings. The van der Waals surface area contributed by atoms with Gasteiger partial charge in [-0.25, -0.2) is 0 Å². The van der Waals surface area contributed by atoms with E-state index in [9.17, 15) is 18.0 Å². The van der Waals surface area contributed by atoms with E-state index in [2.05, 4.69) is 5.10 Å². The number of rotatable bonds is 7. The molecule has 0 bridgehead atoms. The molecule has 0 radical (unpaired) electrons. The lowest BCUT2D eigenvalue weighted by atomic mass is 10.2. The summed E-state index contributed by atoms with van der Waals surface area (Å²) >= 11 is 0. The van der Waals surface area contributed by atoms with Gasteiger partial charge in [0.1, 0.15) is 6.54 Å². The largest absolute Gasteiger partial charge is 0.493 e. The molecular weight excluding hydrogens is 351 g/mol. The first kappa shape index (κ1) is 19.6. The van der Waals surface area contributed by atoms with Crippen LogP contribution < -0.4 is 9.47 Å². The number of hydrogen-bond donors (Lipinski definition) is 0. The molecule has 2 rings (SSSR count). The van der Waals surface area contributed by atoms with Crippen molar-refractivity contribution in [1.29, 1.82) is 0 Å². The summed E-state index contributed by atoms with van der Waals surface area (Å²) in [6.45, 7) is 2.23. The fourth-order valence-corrected chi connectivity index (χ4v) is 2.42. The first-order valence-corrected chi connectivity index (χ1v) is 7.87. The number of hydrogen-bond acceptors (Lipinski definition) is 4. The molecule has 0 fully saturated rings. The molecule has 0 unspecified atom stereocenters. The monoisotopic (exact) mass is 371 g/mol. The van der Waals surface area contributed by atoms with Crippen molar-refractivity contribution in [1.82, 2.24) is 14.7 Å². The third-order valence-electron chi connectivity index (χ3n) is 3.78. The number of halogens is 3. The van der Waals surface area contributed by atoms with Crippen molar-refractivity contribution in [3.05, 3.63) is 41.7 Å². The van der Waals surface area contributed by atoms with E-state index < -0.39 is 11.9 Å². The Hall–Kier alpha value is -2.71. The van der Waals surface area contributed by atoms with E-state index >= 15 is 0 Å². The smallest absolute Gasteiger partial charge is 0.435 e. The number of nitrogens with zero attached hydrogens (tertiary/aromatic N) is 3. The summed E-state index contributed by atoms with van der Waals surface area (Å²) in [5, 5.41) is 3.40. The second kappa shape index (κ2) is 8.11. The number of ether oxygens (including phenoxy) is 2. The SMILES string of the molecule is CCN(Cc1ccc(OC)c(OC)c1)C(=O)Cn1ccc(C(F)(F)F)n1. The van der Waals surface area contributed by atoms with Crippen LogP contribution in [0, 0.1) is 0 Å². The molecule has 0 saturated heterocycles. The molecule has 1 aromatic heterocycles. The summed E-state index contributed by atoms with van der Waals surface area (Å²) in [6, 6.07) is 6.13. The number of benzene rings is 1. The summed E-state index contributed by atoms with van der Waals surface area (Å²) in [7, 11) is 3.04. The van der Waals surface area contributed by atoms with Gasteiger partial charge in [-0.05, 0) is 30.7 Å². The summed E-state index contributed by atoms with van der Waals surface area (Å²) in [4.78, 5) is 13.9. The van der Waals surface area contributed by atoms with Crippen LogP contribution in [0.3, 0.4) is 0 Å². The maximum Gasteiger partial charge on any atom is 0.435 e. The highest BCUT2D eigenvalue weighted by molar-refractivity contribution is 5.75. The highest BCUT2D eigenvalue weighted by atomic mass is 19.4. The molecule has 1 amide bonds. The fourth-order valence-electron chi connectivity index (χ4n) is 2.42. The Morgan fingerprint density at radius 1 is 1.19 bits per heavy atom. The predicted octanol–water partition coefficient (Wildman–Crippen LogP) is 2.97. The second-order valence-electron chi connectivity index (χ2n) is 5.49. The van der Waals surface area contributed by atoms with Gasteiger partial charge in [-0.2, -0.15) is 18.3 Å². The quantitative estimate of drug-likeness (QED) is 0.751. The van der Waals surface area contributed by atoms with Gasteiger partial charge in [0, 0.05) is 19.3 Å². The highest BCUT2D eigenvalue weighted by Gasteiger charge is 2.33. The van der Waals surface area contributed by atoms with Crippen molar-refractivity contribution in [3.8, 4) is 11.5 Å². The minimum atomic E-state index is -4.53. The van der Waals surface area contributed by atoms with Gasteiger partial charge in [0.25, 0.3) is 0 Å². The molecule has 142 valence electrons. The van der Waals surface area contributed by atoms with E-state index in [0.717, 1.165) is 22.5 Å². The van der Waals surface area contributed by atoms with Crippen molar-refractivity contribution in [2.24, 2.45) is 0 Å². The molecule has 1 aromatic carbocycles.